The molecular formula is C7H13NO3. The fourth-order valence-electron chi connectivity index (χ4n) is 0.343. The number of oxime groups is 1. The SMILES string of the molecule is CC=NOC(=O)C(C)(O)CC. The van der Waals surface area contributed by atoms with Gasteiger partial charge in [0.05, 0.1) is 0 Å². The second-order valence-corrected chi connectivity index (χ2v) is 2.37. The van der Waals surface area contributed by atoms with Crippen molar-refractivity contribution in [2.75, 3.05) is 0 Å². The van der Waals surface area contributed by atoms with Gasteiger partial charge in [-0.15, -0.1) is 0 Å². The molecule has 0 fully saturated rings. The molecule has 0 aromatic rings. The highest BCUT2D eigenvalue weighted by Gasteiger charge is 2.30. The molecule has 0 amide bonds. The van der Waals surface area contributed by atoms with Crippen LogP contribution in [0.25, 0.3) is 0 Å². The molecule has 1 unspecified atom stereocenters. The molecule has 4 nitrogen and oxygen atoms in total. The molecule has 0 aliphatic heterocycles. The van der Waals surface area contributed by atoms with Crippen molar-refractivity contribution in [2.24, 2.45) is 5.16 Å². The van der Waals surface area contributed by atoms with E-state index >= 15 is 0 Å². The summed E-state index contributed by atoms with van der Waals surface area (Å²) in [6, 6.07) is 0. The summed E-state index contributed by atoms with van der Waals surface area (Å²) >= 11 is 0. The monoisotopic (exact) mass is 159 g/mol. The van der Waals surface area contributed by atoms with Gasteiger partial charge < -0.3 is 9.94 Å². The first-order valence-electron chi connectivity index (χ1n) is 3.46. The number of nitrogens with zero attached hydrogens (tertiary/aromatic N) is 1. The summed E-state index contributed by atoms with van der Waals surface area (Å²) in [5, 5.41) is 12.5. The number of hydrogen-bond donors (Lipinski definition) is 1. The molecule has 0 aromatic heterocycles. The lowest BCUT2D eigenvalue weighted by molar-refractivity contribution is -0.163. The van der Waals surface area contributed by atoms with Crippen LogP contribution in [0.3, 0.4) is 0 Å². The maximum Gasteiger partial charge on any atom is 0.365 e. The topological polar surface area (TPSA) is 58.9 Å². The summed E-state index contributed by atoms with van der Waals surface area (Å²) < 4.78 is 0. The zero-order valence-electron chi connectivity index (χ0n) is 7.00. The molecule has 0 aromatic carbocycles. The molecular weight excluding hydrogens is 146 g/mol. The average molecular weight is 159 g/mol. The van der Waals surface area contributed by atoms with E-state index in [2.05, 4.69) is 9.99 Å². The highest BCUT2D eigenvalue weighted by atomic mass is 16.7. The fraction of sp³-hybridized carbons (Fsp3) is 0.714. The van der Waals surface area contributed by atoms with E-state index < -0.39 is 11.6 Å². The van der Waals surface area contributed by atoms with Crippen LogP contribution in [0, 0.1) is 0 Å². The normalized spacial score (nSPS) is 16.4. The van der Waals surface area contributed by atoms with E-state index in [0.29, 0.717) is 6.42 Å². The number of aliphatic hydroxyl groups is 1. The second kappa shape index (κ2) is 4.08. The van der Waals surface area contributed by atoms with Crippen LogP contribution in [-0.2, 0) is 9.63 Å². The van der Waals surface area contributed by atoms with E-state index in [1.54, 1.807) is 13.8 Å². The quantitative estimate of drug-likeness (QED) is 0.374. The lowest BCUT2D eigenvalue weighted by Crippen LogP contribution is -2.34. The Hall–Kier alpha value is -0.900. The van der Waals surface area contributed by atoms with Crippen molar-refractivity contribution in [1.82, 2.24) is 0 Å². The van der Waals surface area contributed by atoms with Crippen LogP contribution < -0.4 is 0 Å². The molecule has 4 heteroatoms. The molecule has 11 heavy (non-hydrogen) atoms. The Kier molecular flexibility index (Phi) is 3.74. The van der Waals surface area contributed by atoms with Gasteiger partial charge in [0.25, 0.3) is 0 Å². The Morgan fingerprint density at radius 1 is 1.82 bits per heavy atom. The van der Waals surface area contributed by atoms with Crippen LogP contribution in [0.2, 0.25) is 0 Å². The van der Waals surface area contributed by atoms with Gasteiger partial charge in [-0.25, -0.2) is 4.79 Å². The average Bonchev–Trinajstić information content (AvgIpc) is 2.00. The minimum absolute atomic E-state index is 0.311. The van der Waals surface area contributed by atoms with E-state index in [-0.39, 0.29) is 0 Å². The minimum Gasteiger partial charge on any atom is -0.378 e. The van der Waals surface area contributed by atoms with Gasteiger partial charge in [0.1, 0.15) is 0 Å². The van der Waals surface area contributed by atoms with Crippen molar-refractivity contribution in [1.29, 1.82) is 0 Å². The van der Waals surface area contributed by atoms with Gasteiger partial charge in [-0.2, -0.15) is 0 Å². The number of rotatable bonds is 3. The third-order valence-electron chi connectivity index (χ3n) is 1.37. The molecule has 0 rings (SSSR count). The highest BCUT2D eigenvalue weighted by molar-refractivity contribution is 5.78. The zero-order valence-corrected chi connectivity index (χ0v) is 7.00. The Labute approximate surface area is 65.8 Å². The number of carbonyl (C=O) groups excluding carboxylic acids is 1. The predicted octanol–water partition coefficient (Wildman–Crippen LogP) is 0.696. The summed E-state index contributed by atoms with van der Waals surface area (Å²) in [5.74, 6) is -0.724. The molecule has 0 aliphatic carbocycles. The van der Waals surface area contributed by atoms with Crippen LogP contribution >= 0.6 is 0 Å². The maximum atomic E-state index is 10.9. The molecule has 0 bridgehead atoms. The third kappa shape index (κ3) is 3.13. The molecule has 0 saturated carbocycles. The van der Waals surface area contributed by atoms with Gasteiger partial charge in [0, 0.05) is 6.21 Å². The van der Waals surface area contributed by atoms with Crippen molar-refractivity contribution in [3.05, 3.63) is 0 Å². The number of hydrogen-bond acceptors (Lipinski definition) is 4. The summed E-state index contributed by atoms with van der Waals surface area (Å²) in [7, 11) is 0. The van der Waals surface area contributed by atoms with E-state index in [0.717, 1.165) is 0 Å². The smallest absolute Gasteiger partial charge is 0.365 e. The fourth-order valence-corrected chi connectivity index (χ4v) is 0.343. The van der Waals surface area contributed by atoms with Gasteiger partial charge in [-0.05, 0) is 20.3 Å². The molecule has 0 saturated heterocycles. The molecule has 0 radical (unpaired) electrons. The predicted molar refractivity (Wildman–Crippen MR) is 41.2 cm³/mol. The molecule has 64 valence electrons. The first kappa shape index (κ1) is 10.1. The van der Waals surface area contributed by atoms with Crippen molar-refractivity contribution in [2.45, 2.75) is 32.8 Å². The van der Waals surface area contributed by atoms with Crippen molar-refractivity contribution < 1.29 is 14.7 Å². The molecule has 0 spiro atoms. The number of carbonyl (C=O) groups is 1. The summed E-state index contributed by atoms with van der Waals surface area (Å²) in [4.78, 5) is 15.2. The minimum atomic E-state index is -1.42. The van der Waals surface area contributed by atoms with Crippen LogP contribution in [0.1, 0.15) is 27.2 Å². The molecule has 1 atom stereocenters. The van der Waals surface area contributed by atoms with E-state index in [1.807, 2.05) is 0 Å². The van der Waals surface area contributed by atoms with Crippen LogP contribution in [-0.4, -0.2) is 22.9 Å². The first-order chi connectivity index (χ1) is 5.04. The summed E-state index contributed by atoms with van der Waals surface area (Å²) in [5.41, 5.74) is -1.42. The van der Waals surface area contributed by atoms with Crippen molar-refractivity contribution in [3.8, 4) is 0 Å². The largest absolute Gasteiger partial charge is 0.378 e. The highest BCUT2D eigenvalue weighted by Crippen LogP contribution is 2.10. The Morgan fingerprint density at radius 2 is 2.36 bits per heavy atom. The van der Waals surface area contributed by atoms with Gasteiger partial charge in [-0.3, -0.25) is 0 Å². The molecule has 0 heterocycles. The van der Waals surface area contributed by atoms with Crippen LogP contribution in [0.4, 0.5) is 0 Å². The lowest BCUT2D eigenvalue weighted by atomic mass is 10.1. The maximum absolute atomic E-state index is 10.9. The molecule has 0 aliphatic rings. The summed E-state index contributed by atoms with van der Waals surface area (Å²) in [6.07, 6.45) is 1.65. The van der Waals surface area contributed by atoms with Crippen LogP contribution in [0.15, 0.2) is 5.16 Å². The van der Waals surface area contributed by atoms with Gasteiger partial charge in [0.2, 0.25) is 0 Å². The third-order valence-corrected chi connectivity index (χ3v) is 1.37. The first-order valence-corrected chi connectivity index (χ1v) is 3.46. The lowest BCUT2D eigenvalue weighted by Gasteiger charge is -2.15. The Morgan fingerprint density at radius 3 is 2.73 bits per heavy atom. The van der Waals surface area contributed by atoms with Gasteiger partial charge in [0.15, 0.2) is 5.60 Å². The standard InChI is InChI=1S/C7H13NO3/c1-4-7(3,10)6(9)11-8-5-2/h5,10H,4H2,1-3H3. The van der Waals surface area contributed by atoms with Crippen LogP contribution in [0.5, 0.6) is 0 Å². The van der Waals surface area contributed by atoms with E-state index in [9.17, 15) is 9.90 Å². The van der Waals surface area contributed by atoms with E-state index in [1.165, 1.54) is 13.1 Å². The summed E-state index contributed by atoms with van der Waals surface area (Å²) in [6.45, 7) is 4.70. The van der Waals surface area contributed by atoms with Crippen molar-refractivity contribution in [3.63, 3.8) is 0 Å². The van der Waals surface area contributed by atoms with Crippen molar-refractivity contribution >= 4 is 12.2 Å². The van der Waals surface area contributed by atoms with Gasteiger partial charge >= 0.3 is 5.97 Å². The Bertz CT molecular complexity index is 163. The Balaban J connectivity index is 4.02. The molecule has 1 N–H and O–H groups in total. The van der Waals surface area contributed by atoms with Gasteiger partial charge in [-0.1, -0.05) is 12.1 Å². The zero-order chi connectivity index (χ0) is 8.91. The second-order valence-electron chi connectivity index (χ2n) is 2.37. The van der Waals surface area contributed by atoms with E-state index in [4.69, 9.17) is 0 Å².